The third-order valence-corrected chi connectivity index (χ3v) is 7.26. The van der Waals surface area contributed by atoms with E-state index < -0.39 is 11.6 Å². The number of nitrogens with one attached hydrogen (secondary N) is 1. The van der Waals surface area contributed by atoms with Gasteiger partial charge in [0.2, 0.25) is 0 Å². The lowest BCUT2D eigenvalue weighted by atomic mass is 9.82. The first kappa shape index (κ1) is 19.8. The zero-order valence-electron chi connectivity index (χ0n) is 16.8. The summed E-state index contributed by atoms with van der Waals surface area (Å²) >= 11 is 1.33. The van der Waals surface area contributed by atoms with Crippen LogP contribution in [0.4, 0.5) is 0 Å². The number of aromatic nitrogens is 1. The first-order valence-electron chi connectivity index (χ1n) is 9.73. The van der Waals surface area contributed by atoms with E-state index >= 15 is 0 Å². The van der Waals surface area contributed by atoms with Crippen LogP contribution >= 0.6 is 11.3 Å². The molecule has 29 heavy (non-hydrogen) atoms. The van der Waals surface area contributed by atoms with Gasteiger partial charge in [0.05, 0.1) is 23.5 Å². The highest BCUT2D eigenvalue weighted by Gasteiger charge is 2.43. The van der Waals surface area contributed by atoms with Crippen molar-refractivity contribution in [3.8, 4) is 0 Å². The van der Waals surface area contributed by atoms with Gasteiger partial charge in [0.1, 0.15) is 4.88 Å². The summed E-state index contributed by atoms with van der Waals surface area (Å²) in [6.45, 7) is 6.72. The highest BCUT2D eigenvalue weighted by atomic mass is 32.1. The van der Waals surface area contributed by atoms with Crippen LogP contribution in [0.5, 0.6) is 0 Å². The van der Waals surface area contributed by atoms with Crippen molar-refractivity contribution < 1.29 is 24.2 Å². The summed E-state index contributed by atoms with van der Waals surface area (Å²) in [7, 11) is 0. The van der Waals surface area contributed by atoms with E-state index in [1.54, 1.807) is 17.9 Å². The highest BCUT2D eigenvalue weighted by molar-refractivity contribution is 7.14. The third kappa shape index (κ3) is 3.20. The molecule has 0 atom stereocenters. The van der Waals surface area contributed by atoms with Crippen molar-refractivity contribution in [3.63, 3.8) is 0 Å². The fourth-order valence-electron chi connectivity index (χ4n) is 4.59. The number of carbonyl (C=O) groups is 3. The summed E-state index contributed by atoms with van der Waals surface area (Å²) < 4.78 is 6.17. The number of hydrogen-bond acceptors (Lipinski definition) is 5. The van der Waals surface area contributed by atoms with Crippen LogP contribution in [-0.4, -0.2) is 52.3 Å². The molecule has 0 unspecified atom stereocenters. The largest absolute Gasteiger partial charge is 0.477 e. The van der Waals surface area contributed by atoms with Crippen molar-refractivity contribution in [2.75, 3.05) is 19.7 Å². The summed E-state index contributed by atoms with van der Waals surface area (Å²) in [5.41, 5.74) is 2.92. The van der Waals surface area contributed by atoms with Crippen LogP contribution in [0.3, 0.4) is 0 Å². The molecule has 1 spiro atoms. The van der Waals surface area contributed by atoms with Gasteiger partial charge in [-0.25, -0.2) is 4.79 Å². The Labute approximate surface area is 172 Å². The molecule has 0 radical (unpaired) electrons. The number of amides is 1. The van der Waals surface area contributed by atoms with E-state index in [-0.39, 0.29) is 11.7 Å². The lowest BCUT2D eigenvalue weighted by Crippen LogP contribution is -2.48. The van der Waals surface area contributed by atoms with Gasteiger partial charge in [-0.1, -0.05) is 0 Å². The van der Waals surface area contributed by atoms with Crippen LogP contribution in [-0.2, 0) is 16.8 Å². The van der Waals surface area contributed by atoms with Crippen molar-refractivity contribution in [3.05, 3.63) is 43.9 Å². The van der Waals surface area contributed by atoms with E-state index in [1.807, 2.05) is 6.92 Å². The molecular weight excluding hydrogens is 392 g/mol. The minimum Gasteiger partial charge on any atom is -0.477 e. The molecule has 1 saturated heterocycles. The Bertz CT molecular complexity index is 1010. The predicted octanol–water partition coefficient (Wildman–Crippen LogP) is 3.30. The van der Waals surface area contributed by atoms with E-state index in [2.05, 4.69) is 4.98 Å². The minimum absolute atomic E-state index is 0.0776. The fourth-order valence-corrected chi connectivity index (χ4v) is 5.66. The number of aromatic carboxylic acids is 1. The Morgan fingerprint density at radius 3 is 2.52 bits per heavy atom. The van der Waals surface area contributed by atoms with Crippen molar-refractivity contribution in [1.82, 2.24) is 9.88 Å². The van der Waals surface area contributed by atoms with E-state index in [9.17, 15) is 19.5 Å². The molecule has 2 aliphatic rings. The Morgan fingerprint density at radius 2 is 1.93 bits per heavy atom. The number of ether oxygens (including phenoxy) is 1. The maximum absolute atomic E-state index is 13.2. The molecule has 0 bridgehead atoms. The fraction of sp³-hybridized carbons (Fsp3) is 0.476. The third-order valence-electron chi connectivity index (χ3n) is 6.08. The summed E-state index contributed by atoms with van der Waals surface area (Å²) in [5, 5.41) is 9.34. The second-order valence-corrected chi connectivity index (χ2v) is 8.96. The number of carbonyl (C=O) groups excluding carboxylic acids is 2. The second-order valence-electron chi connectivity index (χ2n) is 7.82. The zero-order valence-corrected chi connectivity index (χ0v) is 17.6. The molecule has 2 aromatic rings. The molecular formula is C21H24N2O5S. The lowest BCUT2D eigenvalue weighted by Gasteiger charge is -2.44. The number of H-pyrrole nitrogens is 1. The van der Waals surface area contributed by atoms with Crippen LogP contribution in [0.25, 0.3) is 0 Å². The Kier molecular flexibility index (Phi) is 4.86. The summed E-state index contributed by atoms with van der Waals surface area (Å²) in [6, 6.07) is 1.75. The average molecular weight is 416 g/mol. The number of Topliss-reactive ketones (excluding diaryl/α,β-unsaturated/α-hetero) is 1. The normalized spacial score (nSPS) is 18.0. The van der Waals surface area contributed by atoms with Crippen LogP contribution in [0.15, 0.2) is 6.07 Å². The predicted molar refractivity (Wildman–Crippen MR) is 108 cm³/mol. The van der Waals surface area contributed by atoms with Crippen molar-refractivity contribution in [1.29, 1.82) is 0 Å². The Balaban J connectivity index is 1.56. The molecule has 1 fully saturated rings. The number of hydrogen-bond donors (Lipinski definition) is 2. The smallest absolute Gasteiger partial charge is 0.345 e. The average Bonchev–Trinajstić information content (AvgIpc) is 3.24. The number of fused-ring (bicyclic) bond motifs is 2. The van der Waals surface area contributed by atoms with Gasteiger partial charge in [-0.05, 0) is 43.9 Å². The van der Waals surface area contributed by atoms with Gasteiger partial charge >= 0.3 is 5.97 Å². The Hall–Kier alpha value is -2.45. The number of carboxylic acids is 1. The summed E-state index contributed by atoms with van der Waals surface area (Å²) in [6.07, 6.45) is 1.99. The SMILES string of the molecule is CC(=O)c1[nH]c(C)c(C(=O)N2CCC3(CC2)OCCc2sc(C(=O)O)cc23)c1C. The van der Waals surface area contributed by atoms with Crippen molar-refractivity contribution in [2.24, 2.45) is 0 Å². The first-order valence-corrected chi connectivity index (χ1v) is 10.5. The second kappa shape index (κ2) is 7.11. The lowest BCUT2D eigenvalue weighted by molar-refractivity contribution is -0.0926. The molecule has 4 heterocycles. The first-order chi connectivity index (χ1) is 13.7. The number of piperidine rings is 1. The van der Waals surface area contributed by atoms with Crippen LogP contribution < -0.4 is 0 Å². The van der Waals surface area contributed by atoms with Gasteiger partial charge < -0.3 is 19.7 Å². The molecule has 4 rings (SSSR count). The molecule has 0 saturated carbocycles. The monoisotopic (exact) mass is 416 g/mol. The standard InChI is InChI=1S/C21H24N2O5S/c1-11-17(12(2)22-18(11)13(3)24)19(25)23-7-5-21(6-8-23)14-10-16(20(26)27)29-15(14)4-9-28-21/h10,22H,4-9H2,1-3H3,(H,26,27). The molecule has 2 N–H and O–H groups in total. The maximum atomic E-state index is 13.2. The van der Waals surface area contributed by atoms with E-state index in [0.29, 0.717) is 59.9 Å². The van der Waals surface area contributed by atoms with E-state index in [1.165, 1.54) is 18.3 Å². The van der Waals surface area contributed by atoms with Crippen molar-refractivity contribution >= 4 is 29.0 Å². The molecule has 7 nitrogen and oxygen atoms in total. The number of carboxylic acid groups (broad SMARTS) is 1. The topological polar surface area (TPSA) is 99.7 Å². The summed E-state index contributed by atoms with van der Waals surface area (Å²) in [5.74, 6) is -1.07. The zero-order chi connectivity index (χ0) is 20.9. The van der Waals surface area contributed by atoms with Gasteiger partial charge in [0, 0.05) is 37.0 Å². The number of aromatic amines is 1. The van der Waals surface area contributed by atoms with E-state index in [0.717, 1.165) is 16.9 Å². The number of likely N-dealkylation sites (tertiary alicyclic amines) is 1. The van der Waals surface area contributed by atoms with Crippen molar-refractivity contribution in [2.45, 2.75) is 45.6 Å². The Morgan fingerprint density at radius 1 is 1.24 bits per heavy atom. The van der Waals surface area contributed by atoms with Crippen LogP contribution in [0.2, 0.25) is 0 Å². The van der Waals surface area contributed by atoms with Crippen LogP contribution in [0.1, 0.15) is 72.0 Å². The van der Waals surface area contributed by atoms with Gasteiger partial charge in [-0.15, -0.1) is 11.3 Å². The molecule has 1 amide bonds. The molecule has 0 aliphatic carbocycles. The van der Waals surface area contributed by atoms with Gasteiger partial charge in [0.15, 0.2) is 5.78 Å². The number of rotatable bonds is 3. The number of thiophene rings is 1. The quantitative estimate of drug-likeness (QED) is 0.748. The molecule has 8 heteroatoms. The molecule has 154 valence electrons. The summed E-state index contributed by atoms with van der Waals surface area (Å²) in [4.78, 5) is 42.6. The minimum atomic E-state index is -0.910. The highest BCUT2D eigenvalue weighted by Crippen LogP contribution is 2.44. The number of aryl methyl sites for hydroxylation is 1. The maximum Gasteiger partial charge on any atom is 0.345 e. The van der Waals surface area contributed by atoms with Gasteiger partial charge in [-0.3, -0.25) is 9.59 Å². The van der Waals surface area contributed by atoms with E-state index in [4.69, 9.17) is 4.74 Å². The molecule has 0 aromatic carbocycles. The number of nitrogens with zero attached hydrogens (tertiary/aromatic N) is 1. The number of ketones is 1. The van der Waals surface area contributed by atoms with Crippen LogP contribution in [0, 0.1) is 13.8 Å². The molecule has 2 aliphatic heterocycles. The van der Waals surface area contributed by atoms with Gasteiger partial charge in [-0.2, -0.15) is 0 Å². The van der Waals surface area contributed by atoms with Gasteiger partial charge in [0.25, 0.3) is 5.91 Å². The molecule has 2 aromatic heterocycles.